The standard InChI is InChI=1S/C12H9ClF3NO2/c1-17(2)6-3-4-7-8(5-6)19-11(18)10(13)9(7)12(14,15)16/h3-5H,1-2H3. The Hall–Kier alpha value is -1.69. The van der Waals surface area contributed by atoms with Gasteiger partial charge in [-0.1, -0.05) is 11.6 Å². The molecule has 1 aromatic carbocycles. The Morgan fingerprint density at radius 1 is 1.26 bits per heavy atom. The van der Waals surface area contributed by atoms with Crippen LogP contribution >= 0.6 is 11.6 Å². The van der Waals surface area contributed by atoms with Crippen LogP contribution in [-0.4, -0.2) is 14.1 Å². The molecule has 0 bridgehead atoms. The van der Waals surface area contributed by atoms with Crippen molar-refractivity contribution in [1.82, 2.24) is 0 Å². The maximum Gasteiger partial charge on any atom is 0.418 e. The molecule has 0 unspecified atom stereocenters. The summed E-state index contributed by atoms with van der Waals surface area (Å²) in [6.07, 6.45) is -4.72. The van der Waals surface area contributed by atoms with Crippen LogP contribution in [0.2, 0.25) is 5.02 Å². The van der Waals surface area contributed by atoms with Crippen molar-refractivity contribution in [1.29, 1.82) is 0 Å². The van der Waals surface area contributed by atoms with Crippen LogP contribution in [0.5, 0.6) is 0 Å². The zero-order valence-corrected chi connectivity index (χ0v) is 10.8. The van der Waals surface area contributed by atoms with E-state index in [9.17, 15) is 18.0 Å². The maximum atomic E-state index is 12.9. The summed E-state index contributed by atoms with van der Waals surface area (Å²) in [5.41, 5.74) is -1.89. The molecule has 0 fully saturated rings. The second kappa shape index (κ2) is 4.45. The molecule has 2 aromatic rings. The number of anilines is 1. The van der Waals surface area contributed by atoms with Gasteiger partial charge in [-0.15, -0.1) is 0 Å². The number of benzene rings is 1. The topological polar surface area (TPSA) is 33.5 Å². The monoisotopic (exact) mass is 291 g/mol. The molecule has 0 atom stereocenters. The van der Waals surface area contributed by atoms with E-state index in [0.29, 0.717) is 5.69 Å². The third-order valence-electron chi connectivity index (χ3n) is 2.64. The van der Waals surface area contributed by atoms with E-state index < -0.39 is 22.4 Å². The van der Waals surface area contributed by atoms with Crippen LogP contribution in [0.15, 0.2) is 27.4 Å². The number of halogens is 4. The molecule has 0 saturated heterocycles. The highest BCUT2D eigenvalue weighted by molar-refractivity contribution is 6.32. The Labute approximate surface area is 111 Å². The van der Waals surface area contributed by atoms with Gasteiger partial charge in [0.15, 0.2) is 0 Å². The lowest BCUT2D eigenvalue weighted by molar-refractivity contribution is -0.136. The SMILES string of the molecule is CN(C)c1ccc2c(C(F)(F)F)c(Cl)c(=O)oc2c1. The van der Waals surface area contributed by atoms with E-state index in [0.717, 1.165) is 0 Å². The smallest absolute Gasteiger partial charge is 0.418 e. The van der Waals surface area contributed by atoms with Gasteiger partial charge in [-0.3, -0.25) is 0 Å². The molecule has 1 heterocycles. The van der Waals surface area contributed by atoms with Gasteiger partial charge in [0.1, 0.15) is 10.6 Å². The van der Waals surface area contributed by atoms with Crippen LogP contribution in [0.25, 0.3) is 11.0 Å². The summed E-state index contributed by atoms with van der Waals surface area (Å²) in [4.78, 5) is 13.1. The van der Waals surface area contributed by atoms with Crippen molar-refractivity contribution >= 4 is 28.3 Å². The molecule has 0 radical (unpaired) electrons. The minimum atomic E-state index is -4.72. The van der Waals surface area contributed by atoms with Gasteiger partial charge in [0.2, 0.25) is 0 Å². The average molecular weight is 292 g/mol. The molecular weight excluding hydrogens is 283 g/mol. The molecule has 102 valence electrons. The molecule has 0 aliphatic heterocycles. The van der Waals surface area contributed by atoms with Crippen molar-refractivity contribution in [2.24, 2.45) is 0 Å². The number of hydrogen-bond donors (Lipinski definition) is 0. The molecule has 0 amide bonds. The number of hydrogen-bond acceptors (Lipinski definition) is 3. The summed E-state index contributed by atoms with van der Waals surface area (Å²) in [5, 5.41) is -1.18. The van der Waals surface area contributed by atoms with E-state index in [1.54, 1.807) is 19.0 Å². The molecule has 7 heteroatoms. The fourth-order valence-corrected chi connectivity index (χ4v) is 1.97. The summed E-state index contributed by atoms with van der Waals surface area (Å²) in [6, 6.07) is 4.10. The molecule has 3 nitrogen and oxygen atoms in total. The number of alkyl halides is 3. The number of rotatable bonds is 1. The average Bonchev–Trinajstić information content (AvgIpc) is 2.28. The van der Waals surface area contributed by atoms with E-state index in [1.165, 1.54) is 18.2 Å². The van der Waals surface area contributed by atoms with Crippen LogP contribution in [0.3, 0.4) is 0 Å². The normalized spacial score (nSPS) is 11.9. The molecule has 0 N–H and O–H groups in total. The lowest BCUT2D eigenvalue weighted by Gasteiger charge is -2.15. The first-order chi connectivity index (χ1) is 8.71. The first kappa shape index (κ1) is 13.7. The van der Waals surface area contributed by atoms with Crippen LogP contribution in [0.1, 0.15) is 5.56 Å². The van der Waals surface area contributed by atoms with Gasteiger partial charge in [-0.2, -0.15) is 13.2 Å². The zero-order chi connectivity index (χ0) is 14.4. The third kappa shape index (κ3) is 2.40. The molecule has 2 rings (SSSR count). The van der Waals surface area contributed by atoms with Gasteiger partial charge in [0.05, 0.1) is 5.56 Å². The highest BCUT2D eigenvalue weighted by Crippen LogP contribution is 2.38. The minimum absolute atomic E-state index is 0.145. The largest absolute Gasteiger partial charge is 0.422 e. The fourth-order valence-electron chi connectivity index (χ4n) is 1.72. The third-order valence-corrected chi connectivity index (χ3v) is 2.98. The second-order valence-corrected chi connectivity index (χ2v) is 4.53. The summed E-state index contributed by atoms with van der Waals surface area (Å²) < 4.78 is 43.6. The highest BCUT2D eigenvalue weighted by Gasteiger charge is 2.37. The molecule has 0 aliphatic carbocycles. The van der Waals surface area contributed by atoms with E-state index in [4.69, 9.17) is 16.0 Å². The maximum absolute atomic E-state index is 12.9. The summed E-state index contributed by atoms with van der Waals surface area (Å²) in [6.45, 7) is 0. The van der Waals surface area contributed by atoms with Crippen molar-refractivity contribution in [3.63, 3.8) is 0 Å². The van der Waals surface area contributed by atoms with Crippen LogP contribution in [0.4, 0.5) is 18.9 Å². The predicted octanol–water partition coefficient (Wildman–Crippen LogP) is 3.53. The first-order valence-electron chi connectivity index (χ1n) is 5.22. The van der Waals surface area contributed by atoms with Gasteiger partial charge in [0.25, 0.3) is 0 Å². The molecular formula is C12H9ClF3NO2. The van der Waals surface area contributed by atoms with Gasteiger partial charge in [-0.25, -0.2) is 4.79 Å². The van der Waals surface area contributed by atoms with Crippen molar-refractivity contribution in [3.8, 4) is 0 Å². The van der Waals surface area contributed by atoms with Crippen molar-refractivity contribution < 1.29 is 17.6 Å². The van der Waals surface area contributed by atoms with E-state index in [2.05, 4.69) is 0 Å². The highest BCUT2D eigenvalue weighted by atomic mass is 35.5. The van der Waals surface area contributed by atoms with Crippen LogP contribution in [-0.2, 0) is 6.18 Å². The van der Waals surface area contributed by atoms with E-state index in [-0.39, 0.29) is 11.0 Å². The van der Waals surface area contributed by atoms with E-state index >= 15 is 0 Å². The molecule has 0 aliphatic rings. The molecule has 0 saturated carbocycles. The van der Waals surface area contributed by atoms with Crippen molar-refractivity contribution in [2.45, 2.75) is 6.18 Å². The lowest BCUT2D eigenvalue weighted by atomic mass is 10.1. The van der Waals surface area contributed by atoms with Gasteiger partial charge < -0.3 is 9.32 Å². The lowest BCUT2D eigenvalue weighted by Crippen LogP contribution is -2.14. The fraction of sp³-hybridized carbons (Fsp3) is 0.250. The number of nitrogens with zero attached hydrogens (tertiary/aromatic N) is 1. The van der Waals surface area contributed by atoms with E-state index in [1.807, 2.05) is 0 Å². The summed E-state index contributed by atoms with van der Waals surface area (Å²) in [7, 11) is 3.44. The Morgan fingerprint density at radius 2 is 1.89 bits per heavy atom. The molecule has 0 spiro atoms. The zero-order valence-electron chi connectivity index (χ0n) is 10.0. The van der Waals surface area contributed by atoms with Crippen molar-refractivity contribution in [3.05, 3.63) is 39.2 Å². The predicted molar refractivity (Wildman–Crippen MR) is 66.8 cm³/mol. The Morgan fingerprint density at radius 3 is 2.42 bits per heavy atom. The number of fused-ring (bicyclic) bond motifs is 1. The van der Waals surface area contributed by atoms with Gasteiger partial charge in [-0.05, 0) is 12.1 Å². The summed E-state index contributed by atoms with van der Waals surface area (Å²) >= 11 is 5.42. The molecule has 19 heavy (non-hydrogen) atoms. The van der Waals surface area contributed by atoms with Gasteiger partial charge >= 0.3 is 11.8 Å². The molecule has 1 aromatic heterocycles. The Bertz CT molecular complexity index is 692. The van der Waals surface area contributed by atoms with Crippen LogP contribution in [0, 0.1) is 0 Å². The Balaban J connectivity index is 2.88. The first-order valence-corrected chi connectivity index (χ1v) is 5.60. The Kier molecular flexibility index (Phi) is 3.22. The quantitative estimate of drug-likeness (QED) is 0.754. The minimum Gasteiger partial charge on any atom is -0.422 e. The van der Waals surface area contributed by atoms with Crippen LogP contribution < -0.4 is 10.5 Å². The van der Waals surface area contributed by atoms with Gasteiger partial charge in [0, 0.05) is 31.2 Å². The van der Waals surface area contributed by atoms with Crippen molar-refractivity contribution in [2.75, 3.05) is 19.0 Å². The summed E-state index contributed by atoms with van der Waals surface area (Å²) in [5.74, 6) is 0. The second-order valence-electron chi connectivity index (χ2n) is 4.15.